The third-order valence-electron chi connectivity index (χ3n) is 3.78. The Kier molecular flexibility index (Phi) is 4.66. The van der Waals surface area contributed by atoms with Crippen LogP contribution in [0.3, 0.4) is 0 Å². The van der Waals surface area contributed by atoms with Gasteiger partial charge in [0.15, 0.2) is 5.76 Å². The molecule has 2 aromatic carbocycles. The Bertz CT molecular complexity index is 927. The van der Waals surface area contributed by atoms with Gasteiger partial charge in [-0.2, -0.15) is 0 Å². The van der Waals surface area contributed by atoms with Gasteiger partial charge in [-0.3, -0.25) is 9.59 Å². The van der Waals surface area contributed by atoms with E-state index in [0.29, 0.717) is 17.0 Å². The molecule has 25 heavy (non-hydrogen) atoms. The van der Waals surface area contributed by atoms with Crippen molar-refractivity contribution in [2.45, 2.75) is 13.3 Å². The van der Waals surface area contributed by atoms with Crippen LogP contribution in [0.15, 0.2) is 65.1 Å². The zero-order valence-electron chi connectivity index (χ0n) is 13.7. The first kappa shape index (κ1) is 16.5. The van der Waals surface area contributed by atoms with Crippen LogP contribution in [0.2, 0.25) is 0 Å². The molecule has 1 heterocycles. The van der Waals surface area contributed by atoms with Crippen molar-refractivity contribution in [2.24, 2.45) is 0 Å². The zero-order valence-corrected chi connectivity index (χ0v) is 13.7. The molecule has 2 N–H and O–H groups in total. The van der Waals surface area contributed by atoms with Gasteiger partial charge in [-0.05, 0) is 42.3 Å². The number of nitrogens with one attached hydrogen (secondary N) is 1. The van der Waals surface area contributed by atoms with Gasteiger partial charge in [-0.25, -0.2) is 0 Å². The summed E-state index contributed by atoms with van der Waals surface area (Å²) in [7, 11) is 0. The number of carboxylic acid groups (broad SMARTS) is 1. The highest BCUT2D eigenvalue weighted by Gasteiger charge is 2.14. The molecule has 1 aromatic heterocycles. The smallest absolute Gasteiger partial charge is 0.307 e. The number of aliphatic carboxylic acids is 1. The number of carboxylic acids is 1. The molecule has 0 radical (unpaired) electrons. The lowest BCUT2D eigenvalue weighted by atomic mass is 10.1. The molecule has 0 atom stereocenters. The maximum atomic E-state index is 12.4. The fourth-order valence-electron chi connectivity index (χ4n) is 2.58. The van der Waals surface area contributed by atoms with E-state index in [0.717, 1.165) is 11.1 Å². The third kappa shape index (κ3) is 3.95. The van der Waals surface area contributed by atoms with Gasteiger partial charge >= 0.3 is 5.97 Å². The molecular weight excluding hydrogens is 318 g/mol. The molecule has 0 bridgehead atoms. The average Bonchev–Trinajstić information content (AvgIpc) is 3.05. The second-order valence-corrected chi connectivity index (χ2v) is 5.70. The topological polar surface area (TPSA) is 79.5 Å². The lowest BCUT2D eigenvalue weighted by Gasteiger charge is -2.05. The van der Waals surface area contributed by atoms with E-state index in [9.17, 15) is 9.59 Å². The highest BCUT2D eigenvalue weighted by atomic mass is 16.4. The molecule has 3 rings (SSSR count). The fraction of sp³-hybridized carbons (Fsp3) is 0.100. The van der Waals surface area contributed by atoms with E-state index in [1.165, 1.54) is 0 Å². The Labute approximate surface area is 144 Å². The quantitative estimate of drug-likeness (QED) is 0.734. The fourth-order valence-corrected chi connectivity index (χ4v) is 2.58. The van der Waals surface area contributed by atoms with Crippen molar-refractivity contribution in [1.82, 2.24) is 0 Å². The summed E-state index contributed by atoms with van der Waals surface area (Å²) in [4.78, 5) is 23.1. The number of aryl methyl sites for hydroxylation is 1. The first-order valence-corrected chi connectivity index (χ1v) is 7.81. The van der Waals surface area contributed by atoms with Crippen LogP contribution in [0.25, 0.3) is 11.3 Å². The SMILES string of the molecule is Cc1ccccc1-c1ccc(C(=O)Nc2cccc(CC(=O)O)c2)o1. The predicted octanol–water partition coefficient (Wildman–Crippen LogP) is 4.13. The van der Waals surface area contributed by atoms with Gasteiger partial charge in [-0.15, -0.1) is 0 Å². The zero-order chi connectivity index (χ0) is 17.8. The largest absolute Gasteiger partial charge is 0.481 e. The van der Waals surface area contributed by atoms with Gasteiger partial charge in [0.25, 0.3) is 5.91 Å². The van der Waals surface area contributed by atoms with Crippen molar-refractivity contribution in [2.75, 3.05) is 5.32 Å². The Hall–Kier alpha value is -3.34. The van der Waals surface area contributed by atoms with Crippen LogP contribution in [-0.2, 0) is 11.2 Å². The average molecular weight is 335 g/mol. The number of hydrogen-bond donors (Lipinski definition) is 2. The molecule has 0 fully saturated rings. The molecular formula is C20H17NO4. The number of benzene rings is 2. The van der Waals surface area contributed by atoms with E-state index >= 15 is 0 Å². The first-order chi connectivity index (χ1) is 12.0. The molecule has 5 heteroatoms. The number of carbonyl (C=O) groups is 2. The lowest BCUT2D eigenvalue weighted by molar-refractivity contribution is -0.136. The van der Waals surface area contributed by atoms with E-state index in [-0.39, 0.29) is 18.1 Å². The van der Waals surface area contributed by atoms with E-state index in [4.69, 9.17) is 9.52 Å². The first-order valence-electron chi connectivity index (χ1n) is 7.81. The molecule has 0 spiro atoms. The summed E-state index contributed by atoms with van der Waals surface area (Å²) >= 11 is 0. The van der Waals surface area contributed by atoms with E-state index in [1.807, 2.05) is 31.2 Å². The van der Waals surface area contributed by atoms with E-state index in [1.54, 1.807) is 36.4 Å². The Morgan fingerprint density at radius 1 is 1.04 bits per heavy atom. The van der Waals surface area contributed by atoms with Crippen molar-refractivity contribution < 1.29 is 19.1 Å². The monoisotopic (exact) mass is 335 g/mol. The standard InChI is InChI=1S/C20H17NO4/c1-13-5-2-3-8-16(13)17-9-10-18(25-17)20(24)21-15-7-4-6-14(11-15)12-19(22)23/h2-11H,12H2,1H3,(H,21,24)(H,22,23). The molecule has 0 aliphatic heterocycles. The third-order valence-corrected chi connectivity index (χ3v) is 3.78. The van der Waals surface area contributed by atoms with Crippen molar-refractivity contribution in [3.05, 3.63) is 77.6 Å². The van der Waals surface area contributed by atoms with Gasteiger partial charge in [0, 0.05) is 11.3 Å². The molecule has 0 aliphatic carbocycles. The highest BCUT2D eigenvalue weighted by Crippen LogP contribution is 2.25. The Morgan fingerprint density at radius 2 is 1.84 bits per heavy atom. The normalized spacial score (nSPS) is 10.4. The van der Waals surface area contributed by atoms with Crippen LogP contribution in [0.5, 0.6) is 0 Å². The van der Waals surface area contributed by atoms with Crippen molar-refractivity contribution in [3.63, 3.8) is 0 Å². The molecule has 3 aromatic rings. The van der Waals surface area contributed by atoms with Gasteiger partial charge in [0.1, 0.15) is 5.76 Å². The second-order valence-electron chi connectivity index (χ2n) is 5.70. The molecule has 0 saturated carbocycles. The van der Waals surface area contributed by atoms with Crippen LogP contribution in [0, 0.1) is 6.92 Å². The number of carbonyl (C=O) groups excluding carboxylic acids is 1. The maximum Gasteiger partial charge on any atom is 0.307 e. The van der Waals surface area contributed by atoms with Crippen molar-refractivity contribution >= 4 is 17.6 Å². The van der Waals surface area contributed by atoms with Crippen molar-refractivity contribution in [3.8, 4) is 11.3 Å². The summed E-state index contributed by atoms with van der Waals surface area (Å²) in [5.41, 5.74) is 3.14. The molecule has 1 amide bonds. The van der Waals surface area contributed by atoms with Crippen LogP contribution in [0.1, 0.15) is 21.7 Å². The van der Waals surface area contributed by atoms with Gasteiger partial charge in [0.2, 0.25) is 0 Å². The maximum absolute atomic E-state index is 12.4. The number of rotatable bonds is 5. The Balaban J connectivity index is 1.76. The minimum absolute atomic E-state index is 0.0953. The van der Waals surface area contributed by atoms with Gasteiger partial charge in [-0.1, -0.05) is 36.4 Å². The second kappa shape index (κ2) is 7.05. The summed E-state index contributed by atoms with van der Waals surface area (Å²) < 4.78 is 5.67. The number of hydrogen-bond acceptors (Lipinski definition) is 3. The molecule has 0 saturated heterocycles. The predicted molar refractivity (Wildman–Crippen MR) is 94.6 cm³/mol. The molecule has 126 valence electrons. The van der Waals surface area contributed by atoms with Crippen molar-refractivity contribution in [1.29, 1.82) is 0 Å². The number of furan rings is 1. The summed E-state index contributed by atoms with van der Waals surface area (Å²) in [5.74, 6) is -0.477. The molecule has 0 unspecified atom stereocenters. The highest BCUT2D eigenvalue weighted by molar-refractivity contribution is 6.02. The van der Waals surface area contributed by atoms with Crippen LogP contribution >= 0.6 is 0 Å². The number of anilines is 1. The van der Waals surface area contributed by atoms with Gasteiger partial charge < -0.3 is 14.8 Å². The van der Waals surface area contributed by atoms with Crippen LogP contribution < -0.4 is 5.32 Å². The number of amides is 1. The summed E-state index contributed by atoms with van der Waals surface area (Å²) in [6.07, 6.45) is -0.0953. The van der Waals surface area contributed by atoms with Gasteiger partial charge in [0.05, 0.1) is 6.42 Å². The van der Waals surface area contributed by atoms with Crippen LogP contribution in [0.4, 0.5) is 5.69 Å². The molecule has 5 nitrogen and oxygen atoms in total. The summed E-state index contributed by atoms with van der Waals surface area (Å²) in [6.45, 7) is 1.98. The Morgan fingerprint density at radius 3 is 2.60 bits per heavy atom. The lowest BCUT2D eigenvalue weighted by Crippen LogP contribution is -2.11. The minimum Gasteiger partial charge on any atom is -0.481 e. The summed E-state index contributed by atoms with van der Waals surface area (Å²) in [6, 6.07) is 17.9. The summed E-state index contributed by atoms with van der Waals surface area (Å²) in [5, 5.41) is 11.6. The van der Waals surface area contributed by atoms with Crippen LogP contribution in [-0.4, -0.2) is 17.0 Å². The van der Waals surface area contributed by atoms with E-state index < -0.39 is 5.97 Å². The van der Waals surface area contributed by atoms with E-state index in [2.05, 4.69) is 5.32 Å². The minimum atomic E-state index is -0.919. The molecule has 0 aliphatic rings.